The third kappa shape index (κ3) is 4.44. The Kier molecular flexibility index (Phi) is 5.89. The van der Waals surface area contributed by atoms with Crippen molar-refractivity contribution in [3.63, 3.8) is 0 Å². The second-order valence-corrected chi connectivity index (χ2v) is 8.41. The molecule has 1 aliphatic heterocycles. The molecule has 3 aromatic rings. The van der Waals surface area contributed by atoms with E-state index in [9.17, 15) is 22.8 Å². The summed E-state index contributed by atoms with van der Waals surface area (Å²) in [7, 11) is 0. The highest BCUT2D eigenvalue weighted by Gasteiger charge is 2.41. The number of alkyl halides is 3. The zero-order chi connectivity index (χ0) is 24.7. The Morgan fingerprint density at radius 1 is 1.09 bits per heavy atom. The normalized spacial score (nSPS) is 17.7. The van der Waals surface area contributed by atoms with Gasteiger partial charge in [0.2, 0.25) is 5.76 Å². The molecule has 2 aliphatic rings. The minimum absolute atomic E-state index is 0.101. The number of hydrogen-bond donors (Lipinski definition) is 0. The van der Waals surface area contributed by atoms with E-state index in [0.29, 0.717) is 29.3 Å². The van der Waals surface area contributed by atoms with Crippen molar-refractivity contribution in [2.24, 2.45) is 5.92 Å². The van der Waals surface area contributed by atoms with Crippen LogP contribution >= 0.6 is 11.6 Å². The van der Waals surface area contributed by atoms with Crippen LogP contribution in [0.15, 0.2) is 60.3 Å². The van der Waals surface area contributed by atoms with Gasteiger partial charge in [0.15, 0.2) is 0 Å². The molecule has 3 heterocycles. The fourth-order valence-corrected chi connectivity index (χ4v) is 4.17. The molecule has 8 nitrogen and oxygen atoms in total. The molecule has 0 radical (unpaired) electrons. The van der Waals surface area contributed by atoms with Crippen LogP contribution in [0.25, 0.3) is 5.65 Å². The number of carbonyl (C=O) groups excluding carboxylic acids is 2. The third-order valence-electron chi connectivity index (χ3n) is 5.81. The Balaban J connectivity index is 1.47. The van der Waals surface area contributed by atoms with Crippen LogP contribution in [0.4, 0.5) is 13.2 Å². The second kappa shape index (κ2) is 8.90. The molecule has 1 aliphatic carbocycles. The Morgan fingerprint density at radius 2 is 1.86 bits per heavy atom. The number of nitrogens with zero attached hydrogens (tertiary/aromatic N) is 3. The average Bonchev–Trinajstić information content (AvgIpc) is 3.21. The van der Waals surface area contributed by atoms with Gasteiger partial charge in [0.25, 0.3) is 0 Å². The number of hydrogen-bond acceptors (Lipinski definition) is 7. The van der Waals surface area contributed by atoms with Crippen molar-refractivity contribution in [1.29, 1.82) is 0 Å². The standard InChI is InChI=1S/C23H17ClF3N3O5/c24-18-15(23(25,26)27)7-2-8-16(18)33-19-17(13-4-1-5-13)21(31)34-30(35-22(19)32)12-14-6-3-10-29-11-9-28-20(14)29/h2-3,6-11,13H,1,4-5,12H2. The van der Waals surface area contributed by atoms with Crippen LogP contribution in [-0.4, -0.2) is 26.5 Å². The highest BCUT2D eigenvalue weighted by molar-refractivity contribution is 6.33. The SMILES string of the molecule is O=C1ON(Cc2cccn3ccnc23)OC(=O)C(C2CCC2)=C1Oc1cccc(C(F)(F)F)c1Cl. The molecule has 0 atom stereocenters. The molecule has 0 spiro atoms. The van der Waals surface area contributed by atoms with Gasteiger partial charge in [-0.05, 0) is 37.0 Å². The van der Waals surface area contributed by atoms with Crippen LogP contribution in [0.2, 0.25) is 5.02 Å². The molecule has 0 bridgehead atoms. The van der Waals surface area contributed by atoms with Gasteiger partial charge in [-0.3, -0.25) is 0 Å². The van der Waals surface area contributed by atoms with Gasteiger partial charge in [-0.25, -0.2) is 14.6 Å². The molecular formula is C23H17ClF3N3O5. The molecule has 0 unspecified atom stereocenters. The Bertz CT molecular complexity index is 1350. The van der Waals surface area contributed by atoms with E-state index in [1.807, 2.05) is 0 Å². The maximum absolute atomic E-state index is 13.3. The molecule has 182 valence electrons. The molecule has 35 heavy (non-hydrogen) atoms. The van der Waals surface area contributed by atoms with Gasteiger partial charge in [-0.2, -0.15) is 13.2 Å². The third-order valence-corrected chi connectivity index (χ3v) is 6.20. The van der Waals surface area contributed by atoms with Crippen molar-refractivity contribution in [3.05, 3.63) is 76.4 Å². The number of carbonyl (C=O) groups is 2. The Hall–Kier alpha value is -3.57. The van der Waals surface area contributed by atoms with Crippen LogP contribution in [-0.2, 0) is 32.0 Å². The maximum Gasteiger partial charge on any atom is 0.417 e. The smallest absolute Gasteiger partial charge is 0.417 e. The Labute approximate surface area is 201 Å². The molecule has 1 fully saturated rings. The van der Waals surface area contributed by atoms with E-state index in [-0.39, 0.29) is 18.0 Å². The fourth-order valence-electron chi connectivity index (χ4n) is 3.90. The molecule has 12 heteroatoms. The fraction of sp³-hybridized carbons (Fsp3) is 0.261. The zero-order valence-corrected chi connectivity index (χ0v) is 18.7. The molecular weight excluding hydrogens is 491 g/mol. The summed E-state index contributed by atoms with van der Waals surface area (Å²) in [5, 5.41) is -0.0361. The summed E-state index contributed by atoms with van der Waals surface area (Å²) in [5.74, 6) is -3.35. The lowest BCUT2D eigenvalue weighted by Crippen LogP contribution is -2.29. The van der Waals surface area contributed by atoms with Gasteiger partial charge in [0, 0.05) is 29.4 Å². The minimum Gasteiger partial charge on any atom is -0.447 e. The molecule has 0 amide bonds. The van der Waals surface area contributed by atoms with Gasteiger partial charge in [-0.1, -0.05) is 30.2 Å². The summed E-state index contributed by atoms with van der Waals surface area (Å²) in [6.45, 7) is -0.144. The summed E-state index contributed by atoms with van der Waals surface area (Å²) in [4.78, 5) is 40.9. The van der Waals surface area contributed by atoms with Gasteiger partial charge < -0.3 is 18.8 Å². The number of halogens is 4. The molecule has 0 N–H and O–H groups in total. The van der Waals surface area contributed by atoms with Crippen molar-refractivity contribution in [3.8, 4) is 5.75 Å². The first kappa shape index (κ1) is 23.2. The minimum atomic E-state index is -4.74. The molecule has 0 saturated heterocycles. The average molecular weight is 508 g/mol. The number of rotatable bonds is 5. The van der Waals surface area contributed by atoms with Crippen molar-refractivity contribution in [2.45, 2.75) is 32.0 Å². The van der Waals surface area contributed by atoms with Crippen molar-refractivity contribution in [2.75, 3.05) is 0 Å². The van der Waals surface area contributed by atoms with Crippen LogP contribution < -0.4 is 4.74 Å². The lowest BCUT2D eigenvalue weighted by atomic mass is 9.79. The van der Waals surface area contributed by atoms with Crippen LogP contribution in [0.1, 0.15) is 30.4 Å². The summed E-state index contributed by atoms with van der Waals surface area (Å²) in [5.41, 5.74) is -0.0884. The zero-order valence-electron chi connectivity index (χ0n) is 17.9. The topological polar surface area (TPSA) is 82.4 Å². The molecule has 1 aromatic carbocycles. The highest BCUT2D eigenvalue weighted by atomic mass is 35.5. The second-order valence-electron chi connectivity index (χ2n) is 8.03. The first-order valence-electron chi connectivity index (χ1n) is 10.6. The van der Waals surface area contributed by atoms with E-state index in [1.165, 1.54) is 6.07 Å². The van der Waals surface area contributed by atoms with E-state index in [0.717, 1.165) is 18.6 Å². The van der Waals surface area contributed by atoms with Gasteiger partial charge >= 0.3 is 18.1 Å². The lowest BCUT2D eigenvalue weighted by molar-refractivity contribution is -0.325. The highest BCUT2D eigenvalue weighted by Crippen LogP contribution is 2.42. The summed E-state index contributed by atoms with van der Waals surface area (Å²) in [6, 6.07) is 6.51. The summed E-state index contributed by atoms with van der Waals surface area (Å²) >= 11 is 5.94. The molecule has 5 rings (SSSR count). The maximum atomic E-state index is 13.3. The van der Waals surface area contributed by atoms with Crippen LogP contribution in [0.3, 0.4) is 0 Å². The van der Waals surface area contributed by atoms with E-state index in [2.05, 4.69) is 4.98 Å². The summed E-state index contributed by atoms with van der Waals surface area (Å²) in [6.07, 6.45) is 2.30. The quantitative estimate of drug-likeness (QED) is 0.487. The predicted molar refractivity (Wildman–Crippen MR) is 114 cm³/mol. The molecule has 1 saturated carbocycles. The summed E-state index contributed by atoms with van der Waals surface area (Å²) < 4.78 is 47.2. The monoisotopic (exact) mass is 507 g/mol. The number of fused-ring (bicyclic) bond motifs is 1. The first-order chi connectivity index (χ1) is 16.7. The number of pyridine rings is 1. The van der Waals surface area contributed by atoms with Crippen molar-refractivity contribution >= 4 is 29.2 Å². The largest absolute Gasteiger partial charge is 0.447 e. The predicted octanol–water partition coefficient (Wildman–Crippen LogP) is 4.87. The van der Waals surface area contributed by atoms with Gasteiger partial charge in [0.1, 0.15) is 17.9 Å². The number of hydroxylamine groups is 2. The van der Waals surface area contributed by atoms with E-state index >= 15 is 0 Å². The van der Waals surface area contributed by atoms with E-state index < -0.39 is 40.2 Å². The van der Waals surface area contributed by atoms with E-state index in [1.54, 1.807) is 35.1 Å². The van der Waals surface area contributed by atoms with Crippen LogP contribution in [0, 0.1) is 5.92 Å². The van der Waals surface area contributed by atoms with Crippen molar-refractivity contribution in [1.82, 2.24) is 14.6 Å². The molecule has 2 aromatic heterocycles. The number of imidazole rings is 1. The number of benzene rings is 1. The first-order valence-corrected chi connectivity index (χ1v) is 11.0. The van der Waals surface area contributed by atoms with E-state index in [4.69, 9.17) is 26.0 Å². The lowest BCUT2D eigenvalue weighted by Gasteiger charge is -2.27. The van der Waals surface area contributed by atoms with Gasteiger partial charge in [0.05, 0.1) is 16.2 Å². The number of ether oxygens (including phenoxy) is 1. The van der Waals surface area contributed by atoms with Gasteiger partial charge in [-0.15, -0.1) is 0 Å². The number of aromatic nitrogens is 2. The Morgan fingerprint density at radius 3 is 2.57 bits per heavy atom. The van der Waals surface area contributed by atoms with Crippen molar-refractivity contribution < 1.29 is 37.2 Å². The van der Waals surface area contributed by atoms with Crippen LogP contribution in [0.5, 0.6) is 5.75 Å².